The molecule has 0 radical (unpaired) electrons. The van der Waals surface area contributed by atoms with Gasteiger partial charge >= 0.3 is 0 Å². The fraction of sp³-hybridized carbons (Fsp3) is 0.364. The van der Waals surface area contributed by atoms with E-state index in [1.165, 1.54) is 15.4 Å². The van der Waals surface area contributed by atoms with Crippen LogP contribution in [-0.4, -0.2) is 12.5 Å². The summed E-state index contributed by atoms with van der Waals surface area (Å²) >= 11 is 3.51. The average Bonchev–Trinajstić information content (AvgIpc) is 2.25. The molecule has 0 saturated heterocycles. The highest BCUT2D eigenvalue weighted by atomic mass is 32.2. The predicted octanol–water partition coefficient (Wildman–Crippen LogP) is 3.59. The van der Waals surface area contributed by atoms with Crippen LogP contribution in [0.1, 0.15) is 12.0 Å². The standard InChI is InChI=1S/C11H13NS2/c1-13-10-6-3-7-11(14-2)9(10)5-4-8-12/h3,6-7H,4-5H2,1-2H3. The summed E-state index contributed by atoms with van der Waals surface area (Å²) in [4.78, 5) is 2.60. The lowest BCUT2D eigenvalue weighted by Crippen LogP contribution is -1.91. The Kier molecular flexibility index (Phi) is 4.92. The van der Waals surface area contributed by atoms with Crippen molar-refractivity contribution in [2.75, 3.05) is 12.5 Å². The fourth-order valence-corrected chi connectivity index (χ4v) is 2.77. The molecule has 0 heterocycles. The van der Waals surface area contributed by atoms with Crippen LogP contribution in [0.5, 0.6) is 0 Å². The molecule has 0 amide bonds. The zero-order valence-corrected chi connectivity index (χ0v) is 10.0. The molecule has 0 fully saturated rings. The quantitative estimate of drug-likeness (QED) is 0.729. The molecule has 74 valence electrons. The first-order chi connectivity index (χ1) is 6.83. The summed E-state index contributed by atoms with van der Waals surface area (Å²) in [6.45, 7) is 0. The van der Waals surface area contributed by atoms with Crippen molar-refractivity contribution in [1.82, 2.24) is 0 Å². The topological polar surface area (TPSA) is 23.8 Å². The predicted molar refractivity (Wildman–Crippen MR) is 63.9 cm³/mol. The van der Waals surface area contributed by atoms with E-state index >= 15 is 0 Å². The van der Waals surface area contributed by atoms with Gasteiger partial charge in [0.2, 0.25) is 0 Å². The molecule has 0 bridgehead atoms. The minimum atomic E-state index is 0.602. The van der Waals surface area contributed by atoms with Crippen LogP contribution < -0.4 is 0 Å². The van der Waals surface area contributed by atoms with E-state index < -0.39 is 0 Å². The minimum Gasteiger partial charge on any atom is -0.198 e. The molecule has 1 rings (SSSR count). The van der Waals surface area contributed by atoms with Gasteiger partial charge in [-0.25, -0.2) is 0 Å². The van der Waals surface area contributed by atoms with Gasteiger partial charge in [-0.1, -0.05) is 6.07 Å². The smallest absolute Gasteiger partial charge is 0.0625 e. The van der Waals surface area contributed by atoms with E-state index in [4.69, 9.17) is 5.26 Å². The molecule has 0 N–H and O–H groups in total. The maximum atomic E-state index is 8.59. The van der Waals surface area contributed by atoms with Gasteiger partial charge in [0.15, 0.2) is 0 Å². The maximum absolute atomic E-state index is 8.59. The second kappa shape index (κ2) is 6.00. The third-order valence-electron chi connectivity index (χ3n) is 2.02. The SMILES string of the molecule is CSc1cccc(SC)c1CCC#N. The average molecular weight is 223 g/mol. The van der Waals surface area contributed by atoms with Crippen LogP contribution in [0.25, 0.3) is 0 Å². The lowest BCUT2D eigenvalue weighted by atomic mass is 10.1. The van der Waals surface area contributed by atoms with Crippen LogP contribution in [-0.2, 0) is 6.42 Å². The van der Waals surface area contributed by atoms with Gasteiger partial charge in [-0.05, 0) is 36.6 Å². The van der Waals surface area contributed by atoms with Crippen molar-refractivity contribution in [2.45, 2.75) is 22.6 Å². The molecular weight excluding hydrogens is 210 g/mol. The molecule has 0 aliphatic heterocycles. The van der Waals surface area contributed by atoms with E-state index in [9.17, 15) is 0 Å². The molecule has 0 aliphatic carbocycles. The molecule has 0 aliphatic rings. The summed E-state index contributed by atoms with van der Waals surface area (Å²) in [6.07, 6.45) is 5.62. The number of nitriles is 1. The zero-order valence-electron chi connectivity index (χ0n) is 8.41. The van der Waals surface area contributed by atoms with E-state index in [0.717, 1.165) is 6.42 Å². The molecule has 1 nitrogen and oxygen atoms in total. The number of hydrogen-bond acceptors (Lipinski definition) is 3. The molecular formula is C11H13NS2. The van der Waals surface area contributed by atoms with Gasteiger partial charge in [-0.15, -0.1) is 23.5 Å². The second-order valence-corrected chi connectivity index (χ2v) is 4.50. The Labute approximate surface area is 93.9 Å². The van der Waals surface area contributed by atoms with E-state index in [1.54, 1.807) is 23.5 Å². The van der Waals surface area contributed by atoms with Gasteiger partial charge in [-0.2, -0.15) is 5.26 Å². The van der Waals surface area contributed by atoms with Gasteiger partial charge in [0.05, 0.1) is 6.07 Å². The van der Waals surface area contributed by atoms with Gasteiger partial charge in [-0.3, -0.25) is 0 Å². The van der Waals surface area contributed by atoms with Crippen LogP contribution in [0.3, 0.4) is 0 Å². The largest absolute Gasteiger partial charge is 0.198 e. The number of nitrogens with zero attached hydrogens (tertiary/aromatic N) is 1. The van der Waals surface area contributed by atoms with Crippen molar-refractivity contribution < 1.29 is 0 Å². The Morgan fingerprint density at radius 1 is 1.21 bits per heavy atom. The Hall–Kier alpha value is -0.590. The van der Waals surface area contributed by atoms with Gasteiger partial charge < -0.3 is 0 Å². The van der Waals surface area contributed by atoms with Crippen molar-refractivity contribution in [2.24, 2.45) is 0 Å². The Morgan fingerprint density at radius 2 is 1.79 bits per heavy atom. The molecule has 0 saturated carbocycles. The molecule has 0 aromatic heterocycles. The van der Waals surface area contributed by atoms with Gasteiger partial charge in [0.25, 0.3) is 0 Å². The van der Waals surface area contributed by atoms with Crippen LogP contribution in [0.4, 0.5) is 0 Å². The first kappa shape index (κ1) is 11.5. The first-order valence-electron chi connectivity index (χ1n) is 4.40. The van der Waals surface area contributed by atoms with Gasteiger partial charge in [0.1, 0.15) is 0 Å². The van der Waals surface area contributed by atoms with Crippen LogP contribution >= 0.6 is 23.5 Å². The van der Waals surface area contributed by atoms with Crippen molar-refractivity contribution in [1.29, 1.82) is 5.26 Å². The van der Waals surface area contributed by atoms with E-state index in [1.807, 2.05) is 0 Å². The lowest BCUT2D eigenvalue weighted by Gasteiger charge is -2.09. The number of benzene rings is 1. The monoisotopic (exact) mass is 223 g/mol. The lowest BCUT2D eigenvalue weighted by molar-refractivity contribution is 0.944. The Balaban J connectivity index is 3.00. The third kappa shape index (κ3) is 2.70. The first-order valence-corrected chi connectivity index (χ1v) is 6.85. The number of thioether (sulfide) groups is 2. The number of rotatable bonds is 4. The van der Waals surface area contributed by atoms with Crippen LogP contribution in [0, 0.1) is 11.3 Å². The highest BCUT2D eigenvalue weighted by Gasteiger charge is 2.06. The normalized spacial score (nSPS) is 9.79. The molecule has 1 aromatic carbocycles. The fourth-order valence-electron chi connectivity index (χ4n) is 1.36. The molecule has 1 aromatic rings. The van der Waals surface area contributed by atoms with E-state index in [-0.39, 0.29) is 0 Å². The van der Waals surface area contributed by atoms with Crippen LogP contribution in [0.15, 0.2) is 28.0 Å². The van der Waals surface area contributed by atoms with E-state index in [2.05, 4.69) is 36.8 Å². The number of hydrogen-bond donors (Lipinski definition) is 0. The third-order valence-corrected chi connectivity index (χ3v) is 3.66. The van der Waals surface area contributed by atoms with E-state index in [0.29, 0.717) is 6.42 Å². The van der Waals surface area contributed by atoms with Crippen molar-refractivity contribution >= 4 is 23.5 Å². The summed E-state index contributed by atoms with van der Waals surface area (Å²) in [5, 5.41) is 8.59. The summed E-state index contributed by atoms with van der Waals surface area (Å²) in [5.41, 5.74) is 1.33. The van der Waals surface area contributed by atoms with Crippen LogP contribution in [0.2, 0.25) is 0 Å². The zero-order chi connectivity index (χ0) is 10.4. The van der Waals surface area contributed by atoms with Crippen molar-refractivity contribution in [3.63, 3.8) is 0 Å². The summed E-state index contributed by atoms with van der Waals surface area (Å²) in [6, 6.07) is 8.52. The highest BCUT2D eigenvalue weighted by molar-refractivity contribution is 7.99. The summed E-state index contributed by atoms with van der Waals surface area (Å²) in [5.74, 6) is 0. The second-order valence-electron chi connectivity index (χ2n) is 2.80. The molecule has 0 spiro atoms. The molecule has 3 heteroatoms. The van der Waals surface area contributed by atoms with Gasteiger partial charge in [0, 0.05) is 16.2 Å². The summed E-state index contributed by atoms with van der Waals surface area (Å²) in [7, 11) is 0. The Bertz CT molecular complexity index is 319. The molecule has 0 unspecified atom stereocenters. The Morgan fingerprint density at radius 3 is 2.21 bits per heavy atom. The van der Waals surface area contributed by atoms with Crippen molar-refractivity contribution in [3.05, 3.63) is 23.8 Å². The minimum absolute atomic E-state index is 0.602. The highest BCUT2D eigenvalue weighted by Crippen LogP contribution is 2.29. The molecule has 14 heavy (non-hydrogen) atoms. The van der Waals surface area contributed by atoms with Crippen molar-refractivity contribution in [3.8, 4) is 6.07 Å². The maximum Gasteiger partial charge on any atom is 0.0625 e. The summed E-state index contributed by atoms with van der Waals surface area (Å²) < 4.78 is 0. The molecule has 0 atom stereocenters.